The van der Waals surface area contributed by atoms with E-state index >= 15 is 0 Å². The van der Waals surface area contributed by atoms with Crippen LogP contribution in [0, 0.1) is 57.2 Å². The molecule has 6 saturated carbocycles. The summed E-state index contributed by atoms with van der Waals surface area (Å²) in [5.41, 5.74) is -2.46. The number of ketones is 4. The first-order valence-corrected chi connectivity index (χ1v) is 22.0. The molecular formula is C46H67NaO14. The fraction of sp³-hybridized carbons (Fsp3) is 0.783. The predicted molar refractivity (Wildman–Crippen MR) is 216 cm³/mol. The number of aliphatic hydroxyl groups is 6. The fourth-order valence-corrected chi connectivity index (χ4v) is 14.8. The van der Waals surface area contributed by atoms with Crippen LogP contribution in [0.25, 0.3) is 0 Å². The topological polar surface area (TPSA) is 264 Å². The van der Waals surface area contributed by atoms with Gasteiger partial charge in [0.1, 0.15) is 24.4 Å². The number of fused-ring (bicyclic) bond motifs is 10. The van der Waals surface area contributed by atoms with Gasteiger partial charge < -0.3 is 42.3 Å². The molecular weight excluding hydrogens is 799 g/mol. The van der Waals surface area contributed by atoms with Crippen LogP contribution in [0.2, 0.25) is 0 Å². The third-order valence-electron chi connectivity index (χ3n) is 17.9. The molecule has 0 heterocycles. The zero-order valence-corrected chi connectivity index (χ0v) is 38.5. The van der Waals surface area contributed by atoms with E-state index in [9.17, 15) is 59.4 Å². The van der Waals surface area contributed by atoms with Gasteiger partial charge in [-0.15, -0.1) is 0 Å². The third-order valence-corrected chi connectivity index (χ3v) is 17.9. The molecule has 0 unspecified atom stereocenters. The second-order valence-electron chi connectivity index (χ2n) is 20.4. The molecule has 0 aromatic carbocycles. The van der Waals surface area contributed by atoms with Crippen LogP contribution in [0.5, 0.6) is 0 Å². The first-order chi connectivity index (χ1) is 28.0. The largest absolute Gasteiger partial charge is 1.00 e. The Labute approximate surface area is 381 Å². The molecule has 14 nitrogen and oxygen atoms in total. The van der Waals surface area contributed by atoms with Crippen molar-refractivity contribution in [3.8, 4) is 0 Å². The van der Waals surface area contributed by atoms with Gasteiger partial charge in [-0.25, -0.2) is 0 Å². The summed E-state index contributed by atoms with van der Waals surface area (Å²) in [6, 6.07) is 0. The van der Waals surface area contributed by atoms with Crippen molar-refractivity contribution in [2.24, 2.45) is 57.2 Å². The molecule has 336 valence electrons. The zero-order chi connectivity index (χ0) is 44.4. The molecule has 0 aliphatic heterocycles. The second kappa shape index (κ2) is 18.0. The van der Waals surface area contributed by atoms with Crippen molar-refractivity contribution in [1.29, 1.82) is 0 Å². The number of hydrogen-bond acceptors (Lipinski definition) is 12. The maximum absolute atomic E-state index is 12.4. The molecule has 0 aromatic heterocycles. The van der Waals surface area contributed by atoms with E-state index in [1.165, 1.54) is 11.1 Å². The molecule has 0 amide bonds. The van der Waals surface area contributed by atoms with E-state index in [1.807, 2.05) is 13.8 Å². The number of aliphatic carboxylic acids is 2. The van der Waals surface area contributed by atoms with Crippen molar-refractivity contribution >= 4 is 35.1 Å². The standard InChI is InChI=1S/2C21H30O5.C4H6O4.Na.H/c2*1-19-7-5-13(23)9-12(19)3-4-14-15-6-8-21(26,17(25)11-22)20(15,2)10-16(24)18(14)19;5-3(6)1-2-4(7)8;;/h2*9,14-16,18,22,24,26H,3-8,10-11H2,1-2H3;1-2H2,(H,5,6)(H,7,8);;/q;;;+1;-1/t2*14-,15-,16-,18+,19-,20-,21-;;;/m00.../s1. The number of carbonyl (C=O) groups excluding carboxylic acids is 4. The Bertz CT molecular complexity index is 1720. The van der Waals surface area contributed by atoms with Crippen LogP contribution in [0.4, 0.5) is 0 Å². The Morgan fingerprint density at radius 2 is 0.951 bits per heavy atom. The Morgan fingerprint density at radius 3 is 1.26 bits per heavy atom. The van der Waals surface area contributed by atoms with Gasteiger partial charge in [0, 0.05) is 23.7 Å². The van der Waals surface area contributed by atoms with Gasteiger partial charge in [0.2, 0.25) is 0 Å². The molecule has 0 aromatic rings. The van der Waals surface area contributed by atoms with Gasteiger partial charge in [-0.3, -0.25) is 28.8 Å². The zero-order valence-electron chi connectivity index (χ0n) is 37.5. The summed E-state index contributed by atoms with van der Waals surface area (Å²) in [6.07, 6.45) is 10.9. The monoisotopic (exact) mass is 866 g/mol. The quantitative estimate of drug-likeness (QED) is 0.163. The van der Waals surface area contributed by atoms with E-state index in [1.54, 1.807) is 12.2 Å². The van der Waals surface area contributed by atoms with E-state index in [4.69, 9.17) is 10.2 Å². The van der Waals surface area contributed by atoms with Crippen LogP contribution in [-0.4, -0.2) is 113 Å². The van der Waals surface area contributed by atoms with Crippen LogP contribution in [-0.2, 0) is 28.8 Å². The van der Waals surface area contributed by atoms with E-state index in [-0.39, 0.29) is 102 Å². The first-order valence-electron chi connectivity index (χ1n) is 22.0. The fourth-order valence-electron chi connectivity index (χ4n) is 14.8. The minimum Gasteiger partial charge on any atom is -1.00 e. The molecule has 0 bridgehead atoms. The Morgan fingerprint density at radius 1 is 0.607 bits per heavy atom. The normalized spacial score (nSPS) is 44.2. The van der Waals surface area contributed by atoms with Gasteiger partial charge in [-0.2, -0.15) is 0 Å². The van der Waals surface area contributed by atoms with Crippen molar-refractivity contribution in [3.05, 3.63) is 23.3 Å². The molecule has 8 N–H and O–H groups in total. The summed E-state index contributed by atoms with van der Waals surface area (Å²) in [5.74, 6) is -1.87. The first kappa shape index (κ1) is 49.9. The van der Waals surface area contributed by atoms with Crippen molar-refractivity contribution in [2.45, 2.75) is 154 Å². The number of allylic oxidation sites excluding steroid dienone is 2. The smallest absolute Gasteiger partial charge is 1.00 e. The molecule has 0 saturated heterocycles. The molecule has 8 aliphatic rings. The number of aliphatic hydroxyl groups excluding tert-OH is 4. The molecule has 15 heteroatoms. The minimum atomic E-state index is -1.54. The molecule has 8 aliphatic carbocycles. The third kappa shape index (κ3) is 8.15. The molecule has 8 rings (SSSR count). The Balaban J connectivity index is 0.000000226. The van der Waals surface area contributed by atoms with Gasteiger partial charge in [-0.05, 0) is 136 Å². The van der Waals surface area contributed by atoms with Gasteiger partial charge >= 0.3 is 41.5 Å². The van der Waals surface area contributed by atoms with E-state index < -0.39 is 71.0 Å². The number of carboxylic acids is 2. The Kier molecular flexibility index (Phi) is 14.7. The van der Waals surface area contributed by atoms with Gasteiger partial charge in [-0.1, -0.05) is 38.8 Å². The van der Waals surface area contributed by atoms with Crippen LogP contribution in [0.15, 0.2) is 23.3 Å². The van der Waals surface area contributed by atoms with Crippen molar-refractivity contribution in [3.63, 3.8) is 0 Å². The summed E-state index contributed by atoms with van der Waals surface area (Å²) in [5, 5.41) is 79.2. The van der Waals surface area contributed by atoms with Crippen LogP contribution >= 0.6 is 0 Å². The van der Waals surface area contributed by atoms with E-state index in [0.717, 1.165) is 51.4 Å². The maximum atomic E-state index is 12.4. The summed E-state index contributed by atoms with van der Waals surface area (Å²) < 4.78 is 0. The van der Waals surface area contributed by atoms with Crippen molar-refractivity contribution < 1.29 is 101 Å². The summed E-state index contributed by atoms with van der Waals surface area (Å²) in [4.78, 5) is 67.8. The predicted octanol–water partition coefficient (Wildman–Crippen LogP) is 0.616. The molecule has 61 heavy (non-hydrogen) atoms. The number of carbonyl (C=O) groups is 6. The summed E-state index contributed by atoms with van der Waals surface area (Å²) in [6.45, 7) is 6.92. The van der Waals surface area contributed by atoms with Crippen molar-refractivity contribution in [1.82, 2.24) is 0 Å². The van der Waals surface area contributed by atoms with E-state index in [2.05, 4.69) is 13.8 Å². The molecule has 14 atom stereocenters. The van der Waals surface area contributed by atoms with E-state index in [0.29, 0.717) is 38.5 Å². The van der Waals surface area contributed by atoms with Crippen LogP contribution in [0.1, 0.15) is 132 Å². The van der Waals surface area contributed by atoms with Crippen LogP contribution in [0.3, 0.4) is 0 Å². The maximum Gasteiger partial charge on any atom is 1.00 e. The Hall–Kier alpha value is -2.14. The molecule has 0 radical (unpaired) electrons. The average Bonchev–Trinajstić information content (AvgIpc) is 3.62. The van der Waals surface area contributed by atoms with Gasteiger partial charge in [0.25, 0.3) is 0 Å². The van der Waals surface area contributed by atoms with Crippen molar-refractivity contribution in [2.75, 3.05) is 13.2 Å². The number of hydrogen-bond donors (Lipinski definition) is 8. The van der Waals surface area contributed by atoms with Crippen LogP contribution < -0.4 is 29.6 Å². The summed E-state index contributed by atoms with van der Waals surface area (Å²) >= 11 is 0. The SMILES string of the molecule is C[C@]12CCC(=O)C=C1CC[C@@H]1[C@@H]2[C@@H](O)C[C@@]2(C)[C@H]1CC[C@]2(O)C(=O)CO.C[C@]12CCC(=O)C=C1CC[C@@H]1[C@@H]2[C@@H](O)C[C@@]2(C)[C@H]1CC[C@]2(O)C(=O)CO.O=C(O)CCC(=O)O.[H-].[Na+]. The minimum absolute atomic E-state index is 0. The number of Topliss-reactive ketones (excluding diaryl/α,β-unsaturated/α-hetero) is 2. The van der Waals surface area contributed by atoms with Gasteiger partial charge in [0.05, 0.1) is 25.0 Å². The average molecular weight is 867 g/mol. The molecule has 0 spiro atoms. The summed E-state index contributed by atoms with van der Waals surface area (Å²) in [7, 11) is 0. The number of carboxylic acid groups (broad SMARTS) is 2. The second-order valence-corrected chi connectivity index (χ2v) is 20.4. The molecule has 6 fully saturated rings. The number of rotatable bonds is 7. The van der Waals surface area contributed by atoms with Gasteiger partial charge in [0.15, 0.2) is 23.1 Å².